The number of unbranched alkanes of at least 4 members (excludes halogenated alkanes) is 1. The molecule has 0 aromatic carbocycles. The Labute approximate surface area is 117 Å². The van der Waals surface area contributed by atoms with E-state index in [9.17, 15) is 0 Å². The lowest BCUT2D eigenvalue weighted by Crippen LogP contribution is -2.14. The predicted molar refractivity (Wildman–Crippen MR) is 78.2 cm³/mol. The Balaban J connectivity index is 2.35. The molecule has 1 aromatic heterocycles. The van der Waals surface area contributed by atoms with Gasteiger partial charge in [0.2, 0.25) is 5.88 Å². The molecule has 0 bridgehead atoms. The number of hydrogen-bond donors (Lipinski definition) is 1. The van der Waals surface area contributed by atoms with Gasteiger partial charge < -0.3 is 10.1 Å². The van der Waals surface area contributed by atoms with Crippen LogP contribution >= 0.6 is 0 Å². The van der Waals surface area contributed by atoms with Crippen molar-refractivity contribution in [3.8, 4) is 5.88 Å². The lowest BCUT2D eigenvalue weighted by molar-refractivity contribution is 0.225. The summed E-state index contributed by atoms with van der Waals surface area (Å²) in [5, 5.41) is 3.22. The van der Waals surface area contributed by atoms with Gasteiger partial charge in [-0.2, -0.15) is 0 Å². The molecule has 4 nitrogen and oxygen atoms in total. The van der Waals surface area contributed by atoms with Gasteiger partial charge in [0, 0.05) is 6.54 Å². The zero-order valence-electron chi connectivity index (χ0n) is 12.5. The number of nitrogens with zero attached hydrogens (tertiary/aromatic N) is 2. The molecule has 0 fully saturated rings. The van der Waals surface area contributed by atoms with E-state index in [0.717, 1.165) is 31.8 Å². The Morgan fingerprint density at radius 2 is 2.05 bits per heavy atom. The van der Waals surface area contributed by atoms with Gasteiger partial charge in [-0.1, -0.05) is 40.0 Å². The summed E-state index contributed by atoms with van der Waals surface area (Å²) < 4.78 is 5.72. The van der Waals surface area contributed by atoms with Crippen LogP contribution in [0.25, 0.3) is 0 Å². The second kappa shape index (κ2) is 9.73. The van der Waals surface area contributed by atoms with Gasteiger partial charge >= 0.3 is 0 Å². The first-order valence-corrected chi connectivity index (χ1v) is 7.44. The Hall–Kier alpha value is -1.16. The number of rotatable bonds is 10. The lowest BCUT2D eigenvalue weighted by Gasteiger charge is -2.14. The van der Waals surface area contributed by atoms with Crippen LogP contribution in [0.1, 0.15) is 52.1 Å². The van der Waals surface area contributed by atoms with Gasteiger partial charge in [0.05, 0.1) is 24.7 Å². The molecule has 0 aliphatic carbocycles. The monoisotopic (exact) mass is 265 g/mol. The average Bonchev–Trinajstić information content (AvgIpc) is 2.46. The molecule has 0 aliphatic heterocycles. The first kappa shape index (κ1) is 15.9. The Morgan fingerprint density at radius 1 is 1.21 bits per heavy atom. The third kappa shape index (κ3) is 6.53. The van der Waals surface area contributed by atoms with Crippen molar-refractivity contribution in [2.75, 3.05) is 13.2 Å². The molecule has 19 heavy (non-hydrogen) atoms. The fraction of sp³-hybridized carbons (Fsp3) is 0.733. The molecule has 108 valence electrons. The highest BCUT2D eigenvalue weighted by Gasteiger charge is 2.07. The second-order valence-electron chi connectivity index (χ2n) is 4.85. The summed E-state index contributed by atoms with van der Waals surface area (Å²) in [6, 6.07) is 0. The van der Waals surface area contributed by atoms with Crippen LogP contribution in [-0.4, -0.2) is 23.1 Å². The highest BCUT2D eigenvalue weighted by atomic mass is 16.5. The van der Waals surface area contributed by atoms with E-state index in [1.807, 2.05) is 0 Å². The van der Waals surface area contributed by atoms with Crippen molar-refractivity contribution in [2.45, 2.75) is 53.0 Å². The molecule has 1 N–H and O–H groups in total. The summed E-state index contributed by atoms with van der Waals surface area (Å²) >= 11 is 0. The van der Waals surface area contributed by atoms with Gasteiger partial charge in [0.25, 0.3) is 0 Å². The number of hydrogen-bond acceptors (Lipinski definition) is 4. The minimum absolute atomic E-state index is 0.628. The molecule has 0 spiro atoms. The minimum Gasteiger partial charge on any atom is -0.476 e. The summed E-state index contributed by atoms with van der Waals surface area (Å²) in [5.74, 6) is 1.26. The van der Waals surface area contributed by atoms with Crippen molar-refractivity contribution in [1.29, 1.82) is 0 Å². The predicted octanol–water partition coefficient (Wildman–Crippen LogP) is 3.18. The van der Waals surface area contributed by atoms with Gasteiger partial charge in [0.1, 0.15) is 0 Å². The number of aromatic nitrogens is 2. The van der Waals surface area contributed by atoms with E-state index in [1.165, 1.54) is 19.3 Å². The van der Waals surface area contributed by atoms with E-state index in [2.05, 4.69) is 36.1 Å². The molecule has 0 saturated carbocycles. The fourth-order valence-electron chi connectivity index (χ4n) is 1.86. The first-order valence-electron chi connectivity index (χ1n) is 7.44. The standard InChI is InChI=1S/C15H27N3O/c1-4-7-8-13(5-2)12-19-15-11-17-14(10-18-15)9-16-6-3/h10-11,13,16H,4-9,12H2,1-3H3. The van der Waals surface area contributed by atoms with Crippen LogP contribution in [0.4, 0.5) is 0 Å². The van der Waals surface area contributed by atoms with Crippen molar-refractivity contribution in [1.82, 2.24) is 15.3 Å². The van der Waals surface area contributed by atoms with E-state index in [0.29, 0.717) is 11.8 Å². The van der Waals surface area contributed by atoms with Crippen LogP contribution in [-0.2, 0) is 6.54 Å². The van der Waals surface area contributed by atoms with Crippen LogP contribution in [0.5, 0.6) is 5.88 Å². The summed E-state index contributed by atoms with van der Waals surface area (Å²) in [7, 11) is 0. The Bertz CT molecular complexity index is 327. The maximum absolute atomic E-state index is 5.72. The van der Waals surface area contributed by atoms with Gasteiger partial charge in [0.15, 0.2) is 0 Å². The lowest BCUT2D eigenvalue weighted by atomic mass is 10.0. The van der Waals surface area contributed by atoms with Gasteiger partial charge in [-0.3, -0.25) is 4.98 Å². The fourth-order valence-corrected chi connectivity index (χ4v) is 1.86. The topological polar surface area (TPSA) is 47.0 Å². The maximum Gasteiger partial charge on any atom is 0.232 e. The Kier molecular flexibility index (Phi) is 8.14. The summed E-state index contributed by atoms with van der Waals surface area (Å²) in [4.78, 5) is 8.63. The molecule has 1 heterocycles. The van der Waals surface area contributed by atoms with Crippen LogP contribution in [0.2, 0.25) is 0 Å². The quantitative estimate of drug-likeness (QED) is 0.706. The summed E-state index contributed by atoms with van der Waals surface area (Å²) in [6.07, 6.45) is 8.42. The molecule has 0 radical (unpaired) electrons. The summed E-state index contributed by atoms with van der Waals surface area (Å²) in [6.45, 7) is 8.97. The molecule has 4 heteroatoms. The van der Waals surface area contributed by atoms with Crippen LogP contribution in [0.3, 0.4) is 0 Å². The van der Waals surface area contributed by atoms with E-state index in [4.69, 9.17) is 4.74 Å². The summed E-state index contributed by atoms with van der Waals surface area (Å²) in [5.41, 5.74) is 0.951. The SMILES string of the molecule is CCCCC(CC)COc1cnc(CNCC)cn1. The van der Waals surface area contributed by atoms with E-state index in [1.54, 1.807) is 12.4 Å². The first-order chi connectivity index (χ1) is 9.30. The molecule has 0 amide bonds. The smallest absolute Gasteiger partial charge is 0.232 e. The highest BCUT2D eigenvalue weighted by molar-refractivity contribution is 5.07. The van der Waals surface area contributed by atoms with Crippen molar-refractivity contribution < 1.29 is 4.74 Å². The normalized spacial score (nSPS) is 12.4. The van der Waals surface area contributed by atoms with Crippen molar-refractivity contribution in [3.63, 3.8) is 0 Å². The highest BCUT2D eigenvalue weighted by Crippen LogP contribution is 2.14. The van der Waals surface area contributed by atoms with Crippen molar-refractivity contribution in [3.05, 3.63) is 18.1 Å². The molecule has 0 aliphatic rings. The molecular formula is C15H27N3O. The van der Waals surface area contributed by atoms with Gasteiger partial charge in [-0.15, -0.1) is 0 Å². The molecule has 1 unspecified atom stereocenters. The largest absolute Gasteiger partial charge is 0.476 e. The van der Waals surface area contributed by atoms with Crippen molar-refractivity contribution >= 4 is 0 Å². The molecule has 1 aromatic rings. The van der Waals surface area contributed by atoms with E-state index < -0.39 is 0 Å². The zero-order chi connectivity index (χ0) is 13.9. The third-order valence-electron chi connectivity index (χ3n) is 3.25. The maximum atomic E-state index is 5.72. The number of ether oxygens (including phenoxy) is 1. The molecular weight excluding hydrogens is 238 g/mol. The molecule has 0 saturated heterocycles. The van der Waals surface area contributed by atoms with Gasteiger partial charge in [-0.05, 0) is 18.9 Å². The van der Waals surface area contributed by atoms with Gasteiger partial charge in [-0.25, -0.2) is 4.98 Å². The zero-order valence-corrected chi connectivity index (χ0v) is 12.5. The Morgan fingerprint density at radius 3 is 2.63 bits per heavy atom. The molecule has 1 rings (SSSR count). The average molecular weight is 265 g/mol. The van der Waals surface area contributed by atoms with Crippen LogP contribution in [0, 0.1) is 5.92 Å². The minimum atomic E-state index is 0.628. The van der Waals surface area contributed by atoms with E-state index >= 15 is 0 Å². The van der Waals surface area contributed by atoms with Crippen LogP contribution < -0.4 is 10.1 Å². The molecule has 1 atom stereocenters. The second-order valence-corrected chi connectivity index (χ2v) is 4.85. The van der Waals surface area contributed by atoms with Crippen LogP contribution in [0.15, 0.2) is 12.4 Å². The number of nitrogens with one attached hydrogen (secondary N) is 1. The van der Waals surface area contributed by atoms with Crippen molar-refractivity contribution in [2.24, 2.45) is 5.92 Å². The van der Waals surface area contributed by atoms with E-state index in [-0.39, 0.29) is 0 Å². The third-order valence-corrected chi connectivity index (χ3v) is 3.25.